The second-order valence-electron chi connectivity index (χ2n) is 3.81. The van der Waals surface area contributed by atoms with E-state index in [4.69, 9.17) is 24.7 Å². The lowest BCUT2D eigenvalue weighted by atomic mass is 10.1. The summed E-state index contributed by atoms with van der Waals surface area (Å²) in [4.78, 5) is 0. The van der Waals surface area contributed by atoms with Gasteiger partial charge in [0.05, 0.1) is 0 Å². The minimum Gasteiger partial charge on any atom is -0.377 e. The van der Waals surface area contributed by atoms with E-state index in [0.29, 0.717) is 0 Å². The molecule has 0 radical (unpaired) electrons. The van der Waals surface area contributed by atoms with E-state index in [1.54, 1.807) is 21.3 Å². The SMILES string of the molecule is CO[Si](CCC(N)CC(C)N)(OC)OC. The Bertz CT molecular complexity index is 157. The van der Waals surface area contributed by atoms with Crippen LogP contribution in [0.15, 0.2) is 0 Å². The first-order valence-electron chi connectivity index (χ1n) is 5.16. The molecule has 0 heterocycles. The molecule has 4 N–H and O–H groups in total. The van der Waals surface area contributed by atoms with Crippen molar-refractivity contribution >= 4 is 8.80 Å². The van der Waals surface area contributed by atoms with Crippen LogP contribution < -0.4 is 11.5 Å². The van der Waals surface area contributed by atoms with Crippen LogP contribution in [0.5, 0.6) is 0 Å². The number of hydrogen-bond donors (Lipinski definition) is 2. The third kappa shape index (κ3) is 5.60. The van der Waals surface area contributed by atoms with Crippen molar-refractivity contribution in [2.24, 2.45) is 11.5 Å². The Morgan fingerprint density at radius 1 is 1.07 bits per heavy atom. The van der Waals surface area contributed by atoms with Gasteiger partial charge in [-0.05, 0) is 19.8 Å². The van der Waals surface area contributed by atoms with E-state index >= 15 is 0 Å². The molecule has 15 heavy (non-hydrogen) atoms. The van der Waals surface area contributed by atoms with Crippen molar-refractivity contribution in [1.29, 1.82) is 0 Å². The molecule has 6 heteroatoms. The first kappa shape index (κ1) is 15.0. The molecule has 0 aromatic rings. The van der Waals surface area contributed by atoms with Crippen LogP contribution in [-0.2, 0) is 13.3 Å². The minimum atomic E-state index is -2.45. The van der Waals surface area contributed by atoms with Crippen molar-refractivity contribution in [3.63, 3.8) is 0 Å². The third-order valence-corrected chi connectivity index (χ3v) is 5.20. The quantitative estimate of drug-likeness (QED) is 0.593. The maximum Gasteiger partial charge on any atom is 0.500 e. The molecule has 0 saturated heterocycles. The summed E-state index contributed by atoms with van der Waals surface area (Å²) in [7, 11) is 2.37. The summed E-state index contributed by atoms with van der Waals surface area (Å²) in [6.45, 7) is 1.95. The van der Waals surface area contributed by atoms with Gasteiger partial charge >= 0.3 is 8.80 Å². The van der Waals surface area contributed by atoms with Gasteiger partial charge in [-0.2, -0.15) is 0 Å². The molecule has 0 aromatic carbocycles. The Hall–Kier alpha value is 0.0169. The van der Waals surface area contributed by atoms with Crippen LogP contribution in [0.1, 0.15) is 19.8 Å². The maximum atomic E-state index is 5.92. The normalized spacial score (nSPS) is 16.4. The summed E-state index contributed by atoms with van der Waals surface area (Å²) in [5.41, 5.74) is 11.6. The molecule has 0 aliphatic rings. The van der Waals surface area contributed by atoms with Crippen LogP contribution in [0.2, 0.25) is 6.04 Å². The van der Waals surface area contributed by atoms with Crippen molar-refractivity contribution in [3.05, 3.63) is 0 Å². The lowest BCUT2D eigenvalue weighted by Crippen LogP contribution is -2.44. The molecule has 5 nitrogen and oxygen atoms in total. The van der Waals surface area contributed by atoms with Gasteiger partial charge < -0.3 is 24.7 Å². The van der Waals surface area contributed by atoms with Gasteiger partial charge in [0.2, 0.25) is 0 Å². The lowest BCUT2D eigenvalue weighted by Gasteiger charge is -2.25. The van der Waals surface area contributed by atoms with Crippen molar-refractivity contribution < 1.29 is 13.3 Å². The Labute approximate surface area is 93.4 Å². The fraction of sp³-hybridized carbons (Fsp3) is 1.00. The van der Waals surface area contributed by atoms with E-state index in [2.05, 4.69) is 0 Å². The highest BCUT2D eigenvalue weighted by molar-refractivity contribution is 6.60. The van der Waals surface area contributed by atoms with E-state index in [1.165, 1.54) is 0 Å². The predicted octanol–water partition coefficient (Wildman–Crippen LogP) is 0.319. The molecule has 2 unspecified atom stereocenters. The standard InChI is InChI=1S/C9H24N2O3Si/c1-8(10)7-9(11)5-6-15(12-2,13-3)14-4/h8-9H,5-7,10-11H2,1-4H3. The van der Waals surface area contributed by atoms with Crippen LogP contribution in [0, 0.1) is 0 Å². The molecule has 0 aliphatic carbocycles. The van der Waals surface area contributed by atoms with Gasteiger partial charge in [-0.25, -0.2) is 0 Å². The molecule has 0 saturated carbocycles. The van der Waals surface area contributed by atoms with Crippen LogP contribution in [-0.4, -0.2) is 42.2 Å². The minimum absolute atomic E-state index is 0.0809. The molecule has 0 aromatic heterocycles. The van der Waals surface area contributed by atoms with Crippen molar-refractivity contribution in [2.75, 3.05) is 21.3 Å². The van der Waals surface area contributed by atoms with E-state index in [0.717, 1.165) is 18.9 Å². The van der Waals surface area contributed by atoms with E-state index in [1.807, 2.05) is 6.92 Å². The fourth-order valence-corrected chi connectivity index (χ4v) is 3.35. The highest BCUT2D eigenvalue weighted by atomic mass is 28.4. The molecule has 0 amide bonds. The molecule has 0 rings (SSSR count). The second kappa shape index (κ2) is 7.32. The van der Waals surface area contributed by atoms with Gasteiger partial charge in [0.1, 0.15) is 0 Å². The Balaban J connectivity index is 3.99. The molecule has 92 valence electrons. The molecular formula is C9H24N2O3Si. The number of hydrogen-bond acceptors (Lipinski definition) is 5. The number of nitrogens with two attached hydrogens (primary N) is 2. The van der Waals surface area contributed by atoms with Gasteiger partial charge in [0, 0.05) is 39.5 Å². The zero-order valence-corrected chi connectivity index (χ0v) is 11.2. The van der Waals surface area contributed by atoms with Crippen molar-refractivity contribution in [3.8, 4) is 0 Å². The fourth-order valence-electron chi connectivity index (χ4n) is 1.51. The highest BCUT2D eigenvalue weighted by Gasteiger charge is 2.37. The largest absolute Gasteiger partial charge is 0.500 e. The van der Waals surface area contributed by atoms with Gasteiger partial charge in [-0.1, -0.05) is 0 Å². The van der Waals surface area contributed by atoms with E-state index in [9.17, 15) is 0 Å². The zero-order valence-electron chi connectivity index (χ0n) is 10.2. The summed E-state index contributed by atoms with van der Waals surface area (Å²) >= 11 is 0. The van der Waals surface area contributed by atoms with Crippen LogP contribution in [0.3, 0.4) is 0 Å². The number of rotatable bonds is 8. The Morgan fingerprint density at radius 2 is 1.53 bits per heavy atom. The summed E-state index contributed by atoms with van der Waals surface area (Å²) < 4.78 is 15.9. The van der Waals surface area contributed by atoms with Gasteiger partial charge in [0.15, 0.2) is 0 Å². The van der Waals surface area contributed by atoms with E-state index < -0.39 is 8.80 Å². The van der Waals surface area contributed by atoms with E-state index in [-0.39, 0.29) is 12.1 Å². The molecular weight excluding hydrogens is 212 g/mol. The first-order chi connectivity index (χ1) is 6.99. The molecule has 0 aliphatic heterocycles. The smallest absolute Gasteiger partial charge is 0.377 e. The third-order valence-electron chi connectivity index (χ3n) is 2.43. The summed E-state index contributed by atoms with van der Waals surface area (Å²) in [5, 5.41) is 0. The topological polar surface area (TPSA) is 79.7 Å². The molecule has 0 bridgehead atoms. The molecule has 0 fully saturated rings. The monoisotopic (exact) mass is 236 g/mol. The Morgan fingerprint density at radius 3 is 1.87 bits per heavy atom. The zero-order chi connectivity index (χ0) is 11.9. The first-order valence-corrected chi connectivity index (χ1v) is 7.09. The van der Waals surface area contributed by atoms with Crippen LogP contribution >= 0.6 is 0 Å². The van der Waals surface area contributed by atoms with Crippen molar-refractivity contribution in [2.45, 2.75) is 37.9 Å². The van der Waals surface area contributed by atoms with Crippen LogP contribution in [0.4, 0.5) is 0 Å². The van der Waals surface area contributed by atoms with Gasteiger partial charge in [-0.15, -0.1) is 0 Å². The van der Waals surface area contributed by atoms with Gasteiger partial charge in [-0.3, -0.25) is 0 Å². The average Bonchev–Trinajstić information content (AvgIpc) is 2.20. The van der Waals surface area contributed by atoms with Gasteiger partial charge in [0.25, 0.3) is 0 Å². The molecule has 0 spiro atoms. The maximum absolute atomic E-state index is 5.92. The van der Waals surface area contributed by atoms with Crippen molar-refractivity contribution in [1.82, 2.24) is 0 Å². The highest BCUT2D eigenvalue weighted by Crippen LogP contribution is 2.16. The summed E-state index contributed by atoms with van der Waals surface area (Å²) in [5.74, 6) is 0. The average molecular weight is 236 g/mol. The lowest BCUT2D eigenvalue weighted by molar-refractivity contribution is 0.122. The summed E-state index contributed by atoms with van der Waals surface area (Å²) in [6, 6.07) is 0.936. The molecule has 2 atom stereocenters. The Kier molecular flexibility index (Phi) is 7.32. The second-order valence-corrected chi connectivity index (χ2v) is 6.90. The predicted molar refractivity (Wildman–Crippen MR) is 62.4 cm³/mol. The van der Waals surface area contributed by atoms with Crippen LogP contribution in [0.25, 0.3) is 0 Å². The summed E-state index contributed by atoms with van der Waals surface area (Å²) in [6.07, 6.45) is 1.62.